The SMILES string of the molecule is CCn1c(S[C@@H](C)C(=O)c2ccc3c(c2)CCC3)nnc1C1CC1. The summed E-state index contributed by atoms with van der Waals surface area (Å²) in [6.07, 6.45) is 5.89. The summed E-state index contributed by atoms with van der Waals surface area (Å²) in [6, 6.07) is 6.22. The van der Waals surface area contributed by atoms with Crippen molar-refractivity contribution in [1.82, 2.24) is 14.8 Å². The summed E-state index contributed by atoms with van der Waals surface area (Å²) in [5, 5.41) is 9.44. The van der Waals surface area contributed by atoms with Crippen molar-refractivity contribution < 1.29 is 4.79 Å². The first-order valence-electron chi connectivity index (χ1n) is 8.93. The van der Waals surface area contributed by atoms with Crippen LogP contribution in [0.4, 0.5) is 0 Å². The van der Waals surface area contributed by atoms with Crippen molar-refractivity contribution >= 4 is 17.5 Å². The number of aryl methyl sites for hydroxylation is 2. The first-order chi connectivity index (χ1) is 11.7. The molecule has 0 aliphatic heterocycles. The Bertz CT molecular complexity index is 779. The number of carbonyl (C=O) groups excluding carboxylic acids is 1. The Kier molecular flexibility index (Phi) is 4.21. The lowest BCUT2D eigenvalue weighted by molar-refractivity contribution is 0.0993. The van der Waals surface area contributed by atoms with Crippen molar-refractivity contribution in [3.8, 4) is 0 Å². The largest absolute Gasteiger partial charge is 0.306 e. The first-order valence-corrected chi connectivity index (χ1v) is 9.81. The fourth-order valence-electron chi connectivity index (χ4n) is 3.50. The molecule has 0 N–H and O–H groups in total. The van der Waals surface area contributed by atoms with Gasteiger partial charge in [0.25, 0.3) is 0 Å². The number of hydrogen-bond acceptors (Lipinski definition) is 4. The number of carbonyl (C=O) groups is 1. The average Bonchev–Trinajstić information content (AvgIpc) is 3.19. The van der Waals surface area contributed by atoms with Gasteiger partial charge in [-0.2, -0.15) is 0 Å². The molecule has 0 radical (unpaired) electrons. The molecule has 5 heteroatoms. The van der Waals surface area contributed by atoms with Crippen LogP contribution in [-0.2, 0) is 19.4 Å². The van der Waals surface area contributed by atoms with Crippen molar-refractivity contribution in [2.75, 3.05) is 0 Å². The summed E-state index contributed by atoms with van der Waals surface area (Å²) < 4.78 is 2.18. The Morgan fingerprint density at radius 3 is 2.83 bits per heavy atom. The Labute approximate surface area is 147 Å². The van der Waals surface area contributed by atoms with E-state index in [1.54, 1.807) is 0 Å². The van der Waals surface area contributed by atoms with Gasteiger partial charge >= 0.3 is 0 Å². The number of fused-ring (bicyclic) bond motifs is 1. The molecule has 2 aromatic rings. The van der Waals surface area contributed by atoms with Crippen molar-refractivity contribution in [2.45, 2.75) is 68.8 Å². The molecule has 24 heavy (non-hydrogen) atoms. The minimum Gasteiger partial charge on any atom is -0.306 e. The molecule has 1 aromatic carbocycles. The Hall–Kier alpha value is -1.62. The van der Waals surface area contributed by atoms with Crippen molar-refractivity contribution in [2.24, 2.45) is 0 Å². The number of Topliss-reactive ketones (excluding diaryl/α,β-unsaturated/α-hetero) is 1. The lowest BCUT2D eigenvalue weighted by Gasteiger charge is -2.12. The number of aromatic nitrogens is 3. The van der Waals surface area contributed by atoms with Gasteiger partial charge in [0.15, 0.2) is 10.9 Å². The molecule has 1 fully saturated rings. The standard InChI is InChI=1S/C19H23N3OS/c1-3-22-18(14-8-9-14)20-21-19(22)24-12(2)17(23)16-10-7-13-5-4-6-15(13)11-16/h7,10-12,14H,3-6,8-9H2,1-2H3/t12-/m0/s1. The topological polar surface area (TPSA) is 47.8 Å². The second-order valence-corrected chi connectivity index (χ2v) is 8.13. The molecule has 0 unspecified atom stereocenters. The van der Waals surface area contributed by atoms with E-state index in [1.165, 1.54) is 42.2 Å². The van der Waals surface area contributed by atoms with E-state index in [2.05, 4.69) is 33.8 Å². The predicted octanol–water partition coefficient (Wildman–Crippen LogP) is 4.03. The van der Waals surface area contributed by atoms with Gasteiger partial charge in [-0.1, -0.05) is 23.9 Å². The van der Waals surface area contributed by atoms with Crippen LogP contribution in [0.3, 0.4) is 0 Å². The number of benzene rings is 1. The van der Waals surface area contributed by atoms with Crippen LogP contribution in [-0.4, -0.2) is 25.8 Å². The van der Waals surface area contributed by atoms with Crippen LogP contribution in [0.2, 0.25) is 0 Å². The summed E-state index contributed by atoms with van der Waals surface area (Å²) in [7, 11) is 0. The van der Waals surface area contributed by atoms with E-state index in [9.17, 15) is 4.79 Å². The Balaban J connectivity index is 1.51. The maximum Gasteiger partial charge on any atom is 0.191 e. The normalized spacial score (nSPS) is 17.8. The van der Waals surface area contributed by atoms with E-state index in [0.717, 1.165) is 35.9 Å². The van der Waals surface area contributed by atoms with Crippen LogP contribution in [0.15, 0.2) is 23.4 Å². The molecule has 2 aliphatic rings. The number of thioether (sulfide) groups is 1. The second-order valence-electron chi connectivity index (χ2n) is 6.82. The maximum absolute atomic E-state index is 12.8. The fraction of sp³-hybridized carbons (Fsp3) is 0.526. The van der Waals surface area contributed by atoms with Crippen LogP contribution in [0, 0.1) is 0 Å². The van der Waals surface area contributed by atoms with E-state index in [1.807, 2.05) is 13.0 Å². The van der Waals surface area contributed by atoms with E-state index in [-0.39, 0.29) is 11.0 Å². The minimum atomic E-state index is -0.147. The van der Waals surface area contributed by atoms with E-state index in [0.29, 0.717) is 5.92 Å². The molecule has 1 saturated carbocycles. The van der Waals surface area contributed by atoms with Gasteiger partial charge < -0.3 is 4.57 Å². The zero-order valence-corrected chi connectivity index (χ0v) is 15.1. The molecule has 4 rings (SSSR count). The van der Waals surface area contributed by atoms with Gasteiger partial charge in [0.05, 0.1) is 5.25 Å². The van der Waals surface area contributed by atoms with Crippen molar-refractivity contribution in [1.29, 1.82) is 0 Å². The molecule has 1 atom stereocenters. The zero-order chi connectivity index (χ0) is 16.7. The zero-order valence-electron chi connectivity index (χ0n) is 14.3. The third-order valence-corrected chi connectivity index (χ3v) is 6.12. The molecule has 1 heterocycles. The molecule has 4 nitrogen and oxygen atoms in total. The van der Waals surface area contributed by atoms with Crippen molar-refractivity contribution in [3.63, 3.8) is 0 Å². The number of hydrogen-bond donors (Lipinski definition) is 0. The Morgan fingerprint density at radius 1 is 1.29 bits per heavy atom. The molecule has 0 saturated heterocycles. The van der Waals surface area contributed by atoms with Gasteiger partial charge in [-0.3, -0.25) is 4.79 Å². The highest BCUT2D eigenvalue weighted by molar-refractivity contribution is 8.00. The van der Waals surface area contributed by atoms with E-state index in [4.69, 9.17) is 0 Å². The summed E-state index contributed by atoms with van der Waals surface area (Å²) in [5.74, 6) is 1.86. The quantitative estimate of drug-likeness (QED) is 0.588. The Morgan fingerprint density at radius 2 is 2.08 bits per heavy atom. The molecule has 2 aliphatic carbocycles. The smallest absolute Gasteiger partial charge is 0.191 e. The van der Waals surface area contributed by atoms with Gasteiger partial charge in [-0.15, -0.1) is 10.2 Å². The summed E-state index contributed by atoms with van der Waals surface area (Å²) in [5.41, 5.74) is 3.60. The predicted molar refractivity (Wildman–Crippen MR) is 95.8 cm³/mol. The maximum atomic E-state index is 12.8. The van der Waals surface area contributed by atoms with Crippen LogP contribution < -0.4 is 0 Å². The highest BCUT2D eigenvalue weighted by Gasteiger charge is 2.31. The highest BCUT2D eigenvalue weighted by Crippen LogP contribution is 2.40. The van der Waals surface area contributed by atoms with Gasteiger partial charge in [0.1, 0.15) is 5.82 Å². The molecular formula is C19H23N3OS. The summed E-state index contributed by atoms with van der Waals surface area (Å²) >= 11 is 1.54. The number of ketones is 1. The van der Waals surface area contributed by atoms with Crippen LogP contribution in [0.25, 0.3) is 0 Å². The third kappa shape index (κ3) is 2.90. The molecule has 0 amide bonds. The molecular weight excluding hydrogens is 318 g/mol. The van der Waals surface area contributed by atoms with Gasteiger partial charge in [-0.25, -0.2) is 0 Å². The van der Waals surface area contributed by atoms with Gasteiger partial charge in [0.2, 0.25) is 0 Å². The van der Waals surface area contributed by atoms with Crippen LogP contribution in [0.1, 0.15) is 66.3 Å². The lowest BCUT2D eigenvalue weighted by atomic mass is 10.0. The average molecular weight is 341 g/mol. The highest BCUT2D eigenvalue weighted by atomic mass is 32.2. The third-order valence-electron chi connectivity index (χ3n) is 5.04. The van der Waals surface area contributed by atoms with E-state index >= 15 is 0 Å². The summed E-state index contributed by atoms with van der Waals surface area (Å²) in [6.45, 7) is 4.96. The second kappa shape index (κ2) is 6.36. The lowest BCUT2D eigenvalue weighted by Crippen LogP contribution is -2.15. The van der Waals surface area contributed by atoms with Gasteiger partial charge in [-0.05, 0) is 63.1 Å². The fourth-order valence-corrected chi connectivity index (χ4v) is 4.50. The monoisotopic (exact) mass is 341 g/mol. The molecule has 0 bridgehead atoms. The van der Waals surface area contributed by atoms with Gasteiger partial charge in [0, 0.05) is 18.0 Å². The van der Waals surface area contributed by atoms with E-state index < -0.39 is 0 Å². The minimum absolute atomic E-state index is 0.147. The molecule has 0 spiro atoms. The van der Waals surface area contributed by atoms with Crippen LogP contribution >= 0.6 is 11.8 Å². The summed E-state index contributed by atoms with van der Waals surface area (Å²) in [4.78, 5) is 12.8. The number of rotatable bonds is 6. The molecule has 126 valence electrons. The van der Waals surface area contributed by atoms with Crippen LogP contribution in [0.5, 0.6) is 0 Å². The molecule has 1 aromatic heterocycles. The number of nitrogens with zero attached hydrogens (tertiary/aromatic N) is 3. The first kappa shape index (κ1) is 15.9. The van der Waals surface area contributed by atoms with Crippen molar-refractivity contribution in [3.05, 3.63) is 40.7 Å².